The molecule has 92 valence electrons. The van der Waals surface area contributed by atoms with Gasteiger partial charge in [0, 0.05) is 13.1 Å². The number of rotatable bonds is 2. The van der Waals surface area contributed by atoms with Crippen LogP contribution in [0.15, 0.2) is 30.3 Å². The molecule has 1 aliphatic rings. The lowest BCUT2D eigenvalue weighted by molar-refractivity contribution is 0.0184. The Kier molecular flexibility index (Phi) is 3.98. The molecular weight excluding hydrogens is 218 g/mol. The zero-order valence-electron chi connectivity index (χ0n) is 9.71. The highest BCUT2D eigenvalue weighted by molar-refractivity contribution is 5.67. The van der Waals surface area contributed by atoms with Crippen molar-refractivity contribution in [3.05, 3.63) is 35.9 Å². The minimum atomic E-state index is -0.544. The molecule has 0 spiro atoms. The van der Waals surface area contributed by atoms with Gasteiger partial charge in [-0.05, 0) is 24.3 Å². The first-order valence-corrected chi connectivity index (χ1v) is 5.89. The Labute approximate surface area is 101 Å². The molecule has 1 aromatic rings. The SMILES string of the molecule is O=C(OCO)N1CCC(c2ccccc2)CC1. The van der Waals surface area contributed by atoms with Crippen molar-refractivity contribution in [2.24, 2.45) is 0 Å². The number of ether oxygens (including phenoxy) is 1. The van der Waals surface area contributed by atoms with E-state index in [0.29, 0.717) is 19.0 Å². The van der Waals surface area contributed by atoms with E-state index >= 15 is 0 Å². The molecule has 0 aromatic heterocycles. The van der Waals surface area contributed by atoms with Crippen molar-refractivity contribution in [1.29, 1.82) is 0 Å². The maximum Gasteiger partial charge on any atom is 0.411 e. The van der Waals surface area contributed by atoms with Crippen molar-refractivity contribution < 1.29 is 14.6 Å². The molecule has 17 heavy (non-hydrogen) atoms. The van der Waals surface area contributed by atoms with Crippen LogP contribution < -0.4 is 0 Å². The number of carbonyl (C=O) groups is 1. The summed E-state index contributed by atoms with van der Waals surface area (Å²) < 4.78 is 4.56. The van der Waals surface area contributed by atoms with Crippen molar-refractivity contribution in [3.63, 3.8) is 0 Å². The van der Waals surface area contributed by atoms with Crippen LogP contribution in [0.3, 0.4) is 0 Å². The van der Waals surface area contributed by atoms with Crippen molar-refractivity contribution in [1.82, 2.24) is 4.90 Å². The molecule has 4 nitrogen and oxygen atoms in total. The van der Waals surface area contributed by atoms with Crippen LogP contribution in [0.5, 0.6) is 0 Å². The van der Waals surface area contributed by atoms with Crippen LogP contribution >= 0.6 is 0 Å². The molecule has 0 aliphatic carbocycles. The summed E-state index contributed by atoms with van der Waals surface area (Å²) in [5, 5.41) is 8.53. The Morgan fingerprint density at radius 2 is 1.94 bits per heavy atom. The van der Waals surface area contributed by atoms with E-state index in [0.717, 1.165) is 12.8 Å². The van der Waals surface area contributed by atoms with Gasteiger partial charge in [-0.2, -0.15) is 0 Å². The van der Waals surface area contributed by atoms with Gasteiger partial charge in [0.1, 0.15) is 0 Å². The van der Waals surface area contributed by atoms with Gasteiger partial charge in [-0.1, -0.05) is 30.3 Å². The molecule has 1 aromatic carbocycles. The number of benzene rings is 1. The van der Waals surface area contributed by atoms with Crippen LogP contribution in [-0.4, -0.2) is 36.0 Å². The molecule has 0 bridgehead atoms. The second kappa shape index (κ2) is 5.68. The Bertz CT molecular complexity index is 358. The summed E-state index contributed by atoms with van der Waals surface area (Å²) in [5.74, 6) is 0.523. The highest BCUT2D eigenvalue weighted by Crippen LogP contribution is 2.27. The van der Waals surface area contributed by atoms with E-state index in [9.17, 15) is 4.79 Å². The van der Waals surface area contributed by atoms with Crippen LogP contribution in [0.4, 0.5) is 4.79 Å². The summed E-state index contributed by atoms with van der Waals surface area (Å²) in [6.07, 6.45) is 1.48. The molecule has 1 saturated heterocycles. The van der Waals surface area contributed by atoms with Gasteiger partial charge >= 0.3 is 6.09 Å². The van der Waals surface area contributed by atoms with E-state index in [1.54, 1.807) is 4.90 Å². The van der Waals surface area contributed by atoms with E-state index in [1.807, 2.05) is 18.2 Å². The average molecular weight is 235 g/mol. The van der Waals surface area contributed by atoms with E-state index in [1.165, 1.54) is 5.56 Å². The van der Waals surface area contributed by atoms with Gasteiger partial charge in [0.2, 0.25) is 0 Å². The van der Waals surface area contributed by atoms with Crippen molar-refractivity contribution >= 4 is 6.09 Å². The first-order chi connectivity index (χ1) is 8.31. The lowest BCUT2D eigenvalue weighted by Gasteiger charge is -2.31. The smallest absolute Gasteiger partial charge is 0.411 e. The molecule has 0 atom stereocenters. The Hall–Kier alpha value is -1.55. The predicted molar refractivity (Wildman–Crippen MR) is 63.6 cm³/mol. The quantitative estimate of drug-likeness (QED) is 0.797. The van der Waals surface area contributed by atoms with Crippen molar-refractivity contribution in [2.45, 2.75) is 18.8 Å². The molecule has 0 saturated carbocycles. The monoisotopic (exact) mass is 235 g/mol. The fraction of sp³-hybridized carbons (Fsp3) is 0.462. The molecule has 1 N–H and O–H groups in total. The van der Waals surface area contributed by atoms with Gasteiger partial charge in [0.25, 0.3) is 0 Å². The normalized spacial score (nSPS) is 16.9. The average Bonchev–Trinajstić information content (AvgIpc) is 2.40. The maximum atomic E-state index is 11.4. The number of hydrogen-bond donors (Lipinski definition) is 1. The Balaban J connectivity index is 1.88. The molecule has 1 amide bonds. The largest absolute Gasteiger partial charge is 0.422 e. The zero-order valence-corrected chi connectivity index (χ0v) is 9.71. The molecular formula is C13H17NO3. The fourth-order valence-corrected chi connectivity index (χ4v) is 2.27. The topological polar surface area (TPSA) is 49.8 Å². The van der Waals surface area contributed by atoms with Crippen molar-refractivity contribution in [3.8, 4) is 0 Å². The first kappa shape index (κ1) is 11.9. The molecule has 1 fully saturated rings. The highest BCUT2D eigenvalue weighted by atomic mass is 16.6. The van der Waals surface area contributed by atoms with Gasteiger partial charge in [-0.15, -0.1) is 0 Å². The molecule has 1 aliphatic heterocycles. The van der Waals surface area contributed by atoms with E-state index in [4.69, 9.17) is 5.11 Å². The third-order valence-electron chi connectivity index (χ3n) is 3.21. The predicted octanol–water partition coefficient (Wildman–Crippen LogP) is 1.95. The fourth-order valence-electron chi connectivity index (χ4n) is 2.27. The number of amides is 1. The Morgan fingerprint density at radius 1 is 1.29 bits per heavy atom. The third-order valence-corrected chi connectivity index (χ3v) is 3.21. The molecule has 0 radical (unpaired) electrons. The second-order valence-corrected chi connectivity index (χ2v) is 4.21. The minimum Gasteiger partial charge on any atom is -0.422 e. The second-order valence-electron chi connectivity index (χ2n) is 4.21. The number of aliphatic hydroxyl groups is 1. The number of hydrogen-bond acceptors (Lipinski definition) is 3. The highest BCUT2D eigenvalue weighted by Gasteiger charge is 2.24. The molecule has 2 rings (SSSR count). The van der Waals surface area contributed by atoms with Gasteiger partial charge < -0.3 is 14.7 Å². The lowest BCUT2D eigenvalue weighted by Crippen LogP contribution is -2.38. The zero-order chi connectivity index (χ0) is 12.1. The summed E-state index contributed by atoms with van der Waals surface area (Å²) in [7, 11) is 0. The summed E-state index contributed by atoms with van der Waals surface area (Å²) in [6, 6.07) is 10.4. The lowest BCUT2D eigenvalue weighted by atomic mass is 9.90. The van der Waals surface area contributed by atoms with E-state index in [-0.39, 0.29) is 0 Å². The maximum absolute atomic E-state index is 11.4. The van der Waals surface area contributed by atoms with E-state index < -0.39 is 12.9 Å². The summed E-state index contributed by atoms with van der Waals surface area (Å²) in [5.41, 5.74) is 1.34. The van der Waals surface area contributed by atoms with Crippen LogP contribution in [0.1, 0.15) is 24.3 Å². The number of nitrogens with zero attached hydrogens (tertiary/aromatic N) is 1. The summed E-state index contributed by atoms with van der Waals surface area (Å²) >= 11 is 0. The summed E-state index contributed by atoms with van der Waals surface area (Å²) in [4.78, 5) is 13.0. The van der Waals surface area contributed by atoms with Gasteiger partial charge in [-0.25, -0.2) is 4.79 Å². The van der Waals surface area contributed by atoms with Gasteiger partial charge in [0.05, 0.1) is 0 Å². The number of carbonyl (C=O) groups excluding carboxylic acids is 1. The van der Waals surface area contributed by atoms with Crippen LogP contribution in [0, 0.1) is 0 Å². The van der Waals surface area contributed by atoms with Gasteiger partial charge in [-0.3, -0.25) is 0 Å². The number of aliphatic hydroxyl groups excluding tert-OH is 1. The van der Waals surface area contributed by atoms with Crippen molar-refractivity contribution in [2.75, 3.05) is 19.9 Å². The van der Waals surface area contributed by atoms with Crippen LogP contribution in [-0.2, 0) is 4.74 Å². The first-order valence-electron chi connectivity index (χ1n) is 5.89. The molecule has 4 heteroatoms. The van der Waals surface area contributed by atoms with Gasteiger partial charge in [0.15, 0.2) is 6.79 Å². The van der Waals surface area contributed by atoms with Crippen LogP contribution in [0.2, 0.25) is 0 Å². The van der Waals surface area contributed by atoms with Crippen LogP contribution in [0.25, 0.3) is 0 Å². The number of likely N-dealkylation sites (tertiary alicyclic amines) is 1. The molecule has 0 unspecified atom stereocenters. The van der Waals surface area contributed by atoms with E-state index in [2.05, 4.69) is 16.9 Å². The standard InChI is InChI=1S/C13H17NO3/c15-10-17-13(16)14-8-6-12(7-9-14)11-4-2-1-3-5-11/h1-5,12,15H,6-10H2. The summed E-state index contributed by atoms with van der Waals surface area (Å²) in [6.45, 7) is 0.842. The molecule has 1 heterocycles. The minimum absolute atomic E-state index is 0.418. The number of piperidine rings is 1. The Morgan fingerprint density at radius 3 is 2.53 bits per heavy atom. The third kappa shape index (κ3) is 2.97.